The Balaban J connectivity index is 2.75. The van der Waals surface area contributed by atoms with E-state index in [1.54, 1.807) is 6.92 Å². The Labute approximate surface area is 80.2 Å². The van der Waals surface area contributed by atoms with E-state index in [2.05, 4.69) is 5.32 Å². The lowest BCUT2D eigenvalue weighted by molar-refractivity contribution is 0.0313. The lowest BCUT2D eigenvalue weighted by Gasteiger charge is -2.31. The highest BCUT2D eigenvalue weighted by atomic mass is 35.5. The van der Waals surface area contributed by atoms with Gasteiger partial charge in [0.05, 0.1) is 6.07 Å². The quantitative estimate of drug-likeness (QED) is 0.668. The molecule has 72 valence electrons. The SMILES string of the molecule is CC1CC(C#N)=CNC1C(F)(F)Cl. The van der Waals surface area contributed by atoms with Crippen LogP contribution in [0.2, 0.25) is 0 Å². The lowest BCUT2D eigenvalue weighted by Crippen LogP contribution is -2.46. The topological polar surface area (TPSA) is 35.8 Å². The molecule has 1 aliphatic heterocycles. The fourth-order valence-electron chi connectivity index (χ4n) is 1.37. The van der Waals surface area contributed by atoms with Crippen molar-refractivity contribution in [3.05, 3.63) is 11.8 Å². The summed E-state index contributed by atoms with van der Waals surface area (Å²) in [6.07, 6.45) is 1.65. The molecule has 0 radical (unpaired) electrons. The van der Waals surface area contributed by atoms with Crippen molar-refractivity contribution in [3.63, 3.8) is 0 Å². The van der Waals surface area contributed by atoms with Gasteiger partial charge in [0, 0.05) is 11.8 Å². The van der Waals surface area contributed by atoms with Crippen molar-refractivity contribution in [1.82, 2.24) is 5.32 Å². The molecule has 1 aliphatic rings. The molecule has 2 unspecified atom stereocenters. The highest BCUT2D eigenvalue weighted by molar-refractivity contribution is 6.22. The van der Waals surface area contributed by atoms with Crippen molar-refractivity contribution in [1.29, 1.82) is 5.26 Å². The number of nitrogens with one attached hydrogen (secondary N) is 1. The maximum absolute atomic E-state index is 12.7. The fourth-order valence-corrected chi connectivity index (χ4v) is 1.65. The Hall–Kier alpha value is -0.820. The van der Waals surface area contributed by atoms with Crippen LogP contribution in [0.3, 0.4) is 0 Å². The Morgan fingerprint density at radius 3 is 2.77 bits per heavy atom. The number of halogens is 3. The van der Waals surface area contributed by atoms with E-state index in [-0.39, 0.29) is 5.92 Å². The van der Waals surface area contributed by atoms with E-state index in [0.29, 0.717) is 12.0 Å². The van der Waals surface area contributed by atoms with Gasteiger partial charge in [-0.3, -0.25) is 0 Å². The molecule has 0 aliphatic carbocycles. The summed E-state index contributed by atoms with van der Waals surface area (Å²) in [6.45, 7) is 1.64. The van der Waals surface area contributed by atoms with Crippen molar-refractivity contribution >= 4 is 11.6 Å². The van der Waals surface area contributed by atoms with Crippen molar-refractivity contribution in [3.8, 4) is 6.07 Å². The van der Waals surface area contributed by atoms with Gasteiger partial charge in [-0.1, -0.05) is 6.92 Å². The van der Waals surface area contributed by atoms with E-state index in [9.17, 15) is 8.78 Å². The molecule has 2 nitrogen and oxygen atoms in total. The van der Waals surface area contributed by atoms with Crippen LogP contribution in [-0.4, -0.2) is 11.4 Å². The summed E-state index contributed by atoms with van der Waals surface area (Å²) >= 11 is 4.89. The standard InChI is InChI=1S/C8H9ClF2N2/c1-5-2-6(3-12)4-13-7(5)8(9,10)11/h4-5,7,13H,2H2,1H3. The summed E-state index contributed by atoms with van der Waals surface area (Å²) in [4.78, 5) is 0. The van der Waals surface area contributed by atoms with E-state index < -0.39 is 11.4 Å². The van der Waals surface area contributed by atoms with Gasteiger partial charge in [-0.05, 0) is 23.9 Å². The van der Waals surface area contributed by atoms with Crippen LogP contribution in [0.4, 0.5) is 8.78 Å². The minimum atomic E-state index is -3.27. The number of rotatable bonds is 1. The molecule has 13 heavy (non-hydrogen) atoms. The Morgan fingerprint density at radius 1 is 1.77 bits per heavy atom. The zero-order chi connectivity index (χ0) is 10.1. The van der Waals surface area contributed by atoms with Crippen LogP contribution in [0.25, 0.3) is 0 Å². The molecule has 0 saturated carbocycles. The van der Waals surface area contributed by atoms with Gasteiger partial charge in [-0.2, -0.15) is 14.0 Å². The zero-order valence-corrected chi connectivity index (χ0v) is 7.78. The third-order valence-electron chi connectivity index (χ3n) is 2.04. The smallest absolute Gasteiger partial charge is 0.341 e. The molecule has 0 spiro atoms. The molecular formula is C8H9ClF2N2. The summed E-state index contributed by atoms with van der Waals surface area (Å²) in [5, 5.41) is 7.70. The van der Waals surface area contributed by atoms with Crippen LogP contribution >= 0.6 is 11.6 Å². The first kappa shape index (κ1) is 10.3. The normalized spacial score (nSPS) is 28.7. The predicted octanol–water partition coefficient (Wildman–Crippen LogP) is 2.22. The van der Waals surface area contributed by atoms with Gasteiger partial charge in [0.25, 0.3) is 0 Å². The first-order valence-electron chi connectivity index (χ1n) is 3.87. The molecule has 2 atom stereocenters. The predicted molar refractivity (Wildman–Crippen MR) is 45.2 cm³/mol. The summed E-state index contributed by atoms with van der Waals surface area (Å²) < 4.78 is 25.4. The van der Waals surface area contributed by atoms with Crippen LogP contribution in [-0.2, 0) is 0 Å². The van der Waals surface area contributed by atoms with Crippen LogP contribution < -0.4 is 5.32 Å². The molecule has 0 fully saturated rings. The molecule has 1 N–H and O–H groups in total. The highest BCUT2D eigenvalue weighted by Gasteiger charge is 2.41. The molecule has 0 amide bonds. The molecule has 0 aromatic carbocycles. The average molecular weight is 207 g/mol. The highest BCUT2D eigenvalue weighted by Crippen LogP contribution is 2.33. The van der Waals surface area contributed by atoms with Gasteiger partial charge in [0.1, 0.15) is 6.04 Å². The largest absolute Gasteiger partial charge is 0.380 e. The minimum absolute atomic E-state index is 0.341. The molecule has 1 heterocycles. The average Bonchev–Trinajstić information content (AvgIpc) is 2.01. The molecule has 1 rings (SSSR count). The zero-order valence-electron chi connectivity index (χ0n) is 7.02. The minimum Gasteiger partial charge on any atom is -0.380 e. The summed E-state index contributed by atoms with van der Waals surface area (Å²) in [6, 6.07) is 0.826. The Morgan fingerprint density at radius 2 is 2.38 bits per heavy atom. The Bertz CT molecular complexity index is 264. The van der Waals surface area contributed by atoms with Gasteiger partial charge in [0.2, 0.25) is 0 Å². The third-order valence-corrected chi connectivity index (χ3v) is 2.28. The number of alkyl halides is 3. The number of hydrogen-bond acceptors (Lipinski definition) is 2. The molecule has 5 heteroatoms. The van der Waals surface area contributed by atoms with E-state index in [1.807, 2.05) is 6.07 Å². The van der Waals surface area contributed by atoms with E-state index in [4.69, 9.17) is 16.9 Å². The maximum atomic E-state index is 12.7. The maximum Gasteiger partial charge on any atom is 0.341 e. The van der Waals surface area contributed by atoms with Crippen molar-refractivity contribution in [2.45, 2.75) is 24.8 Å². The van der Waals surface area contributed by atoms with Crippen LogP contribution in [0, 0.1) is 17.2 Å². The van der Waals surface area contributed by atoms with E-state index in [0.717, 1.165) is 0 Å². The first-order chi connectivity index (χ1) is 5.95. The van der Waals surface area contributed by atoms with E-state index >= 15 is 0 Å². The number of nitrogens with zero attached hydrogens (tertiary/aromatic N) is 1. The van der Waals surface area contributed by atoms with E-state index in [1.165, 1.54) is 6.20 Å². The van der Waals surface area contributed by atoms with Gasteiger partial charge in [-0.15, -0.1) is 0 Å². The number of allylic oxidation sites excluding steroid dienone is 1. The second-order valence-electron chi connectivity index (χ2n) is 3.15. The third kappa shape index (κ3) is 2.31. The molecule has 0 bridgehead atoms. The molecular weight excluding hydrogens is 198 g/mol. The Kier molecular flexibility index (Phi) is 2.77. The monoisotopic (exact) mass is 206 g/mol. The lowest BCUT2D eigenvalue weighted by atomic mass is 9.92. The van der Waals surface area contributed by atoms with Crippen LogP contribution in [0.15, 0.2) is 11.8 Å². The van der Waals surface area contributed by atoms with Crippen molar-refractivity contribution in [2.24, 2.45) is 5.92 Å². The van der Waals surface area contributed by atoms with Crippen LogP contribution in [0.5, 0.6) is 0 Å². The number of hydrogen-bond donors (Lipinski definition) is 1. The molecule has 0 aromatic heterocycles. The van der Waals surface area contributed by atoms with Gasteiger partial charge < -0.3 is 5.32 Å². The van der Waals surface area contributed by atoms with Crippen molar-refractivity contribution in [2.75, 3.05) is 0 Å². The fraction of sp³-hybridized carbons (Fsp3) is 0.625. The first-order valence-corrected chi connectivity index (χ1v) is 4.25. The number of nitriles is 1. The van der Waals surface area contributed by atoms with Crippen molar-refractivity contribution < 1.29 is 8.78 Å². The summed E-state index contributed by atoms with van der Waals surface area (Å²) in [5.41, 5.74) is 0.477. The summed E-state index contributed by atoms with van der Waals surface area (Å²) in [5.74, 6) is -0.341. The summed E-state index contributed by atoms with van der Waals surface area (Å²) in [7, 11) is 0. The van der Waals surface area contributed by atoms with Crippen LogP contribution in [0.1, 0.15) is 13.3 Å². The second kappa shape index (κ2) is 3.51. The van der Waals surface area contributed by atoms with Gasteiger partial charge >= 0.3 is 5.38 Å². The van der Waals surface area contributed by atoms with Gasteiger partial charge in [-0.25, -0.2) is 0 Å². The molecule has 0 saturated heterocycles. The second-order valence-corrected chi connectivity index (χ2v) is 3.65. The molecule has 0 aromatic rings. The van der Waals surface area contributed by atoms with Gasteiger partial charge in [0.15, 0.2) is 0 Å².